The molecule has 1 aromatic heterocycles. The maximum atomic E-state index is 12.9. The van der Waals surface area contributed by atoms with Crippen LogP contribution in [0.3, 0.4) is 0 Å². The molecule has 2 amide bonds. The van der Waals surface area contributed by atoms with Crippen molar-refractivity contribution in [3.63, 3.8) is 0 Å². The SMILES string of the molecule is COc1ccc(NC(=O)Nc2ccc(N3CCN(S(=O)(=O)c4ccc(C)cc4)CC3)nc2)cc1. The molecule has 0 unspecified atom stereocenters. The highest BCUT2D eigenvalue weighted by Crippen LogP contribution is 2.21. The first kappa shape index (κ1) is 23.5. The second-order valence-corrected chi connectivity index (χ2v) is 9.85. The maximum Gasteiger partial charge on any atom is 0.323 e. The van der Waals surface area contributed by atoms with Gasteiger partial charge in [-0.1, -0.05) is 17.7 Å². The average molecular weight is 482 g/mol. The Hall–Kier alpha value is -3.63. The van der Waals surface area contributed by atoms with Gasteiger partial charge < -0.3 is 20.3 Å². The summed E-state index contributed by atoms with van der Waals surface area (Å²) in [6, 6.07) is 17.1. The molecule has 1 fully saturated rings. The number of rotatable bonds is 6. The molecule has 2 heterocycles. The third-order valence-electron chi connectivity index (χ3n) is 5.58. The van der Waals surface area contributed by atoms with Crippen molar-refractivity contribution < 1.29 is 17.9 Å². The number of piperazine rings is 1. The normalized spacial score (nSPS) is 14.5. The van der Waals surface area contributed by atoms with Crippen molar-refractivity contribution in [1.29, 1.82) is 0 Å². The lowest BCUT2D eigenvalue weighted by atomic mass is 10.2. The number of nitrogens with zero attached hydrogens (tertiary/aromatic N) is 3. The highest BCUT2D eigenvalue weighted by molar-refractivity contribution is 7.89. The van der Waals surface area contributed by atoms with Crippen LogP contribution in [0.5, 0.6) is 5.75 Å². The highest BCUT2D eigenvalue weighted by atomic mass is 32.2. The Kier molecular flexibility index (Phi) is 6.99. The Morgan fingerprint density at radius 3 is 2.09 bits per heavy atom. The summed E-state index contributed by atoms with van der Waals surface area (Å²) in [5.41, 5.74) is 2.21. The zero-order valence-corrected chi connectivity index (χ0v) is 19.9. The van der Waals surface area contributed by atoms with E-state index in [4.69, 9.17) is 4.74 Å². The van der Waals surface area contributed by atoms with Crippen LogP contribution in [-0.4, -0.2) is 57.0 Å². The Labute approximate surface area is 199 Å². The summed E-state index contributed by atoms with van der Waals surface area (Å²) >= 11 is 0. The topological polar surface area (TPSA) is 104 Å². The van der Waals surface area contributed by atoms with E-state index in [1.165, 1.54) is 4.31 Å². The lowest BCUT2D eigenvalue weighted by Gasteiger charge is -2.34. The number of ether oxygens (including phenoxy) is 1. The number of urea groups is 1. The molecular weight excluding hydrogens is 454 g/mol. The molecule has 3 aromatic rings. The molecule has 2 aromatic carbocycles. The van der Waals surface area contributed by atoms with E-state index in [1.54, 1.807) is 67.9 Å². The van der Waals surface area contributed by atoms with E-state index >= 15 is 0 Å². The van der Waals surface area contributed by atoms with Crippen molar-refractivity contribution in [2.24, 2.45) is 0 Å². The van der Waals surface area contributed by atoms with E-state index in [0.717, 1.165) is 11.4 Å². The van der Waals surface area contributed by atoms with Gasteiger partial charge in [0.15, 0.2) is 0 Å². The van der Waals surface area contributed by atoms with Crippen LogP contribution in [0.15, 0.2) is 71.8 Å². The van der Waals surface area contributed by atoms with Gasteiger partial charge in [-0.2, -0.15) is 4.31 Å². The van der Waals surface area contributed by atoms with E-state index in [-0.39, 0.29) is 6.03 Å². The standard InChI is InChI=1S/C24H27N5O4S/c1-18-3-10-22(11-4-18)34(31,32)29-15-13-28(14-16-29)23-12-7-20(17-25-23)27-24(30)26-19-5-8-21(33-2)9-6-19/h3-12,17H,13-16H2,1-2H3,(H2,26,27,30). The summed E-state index contributed by atoms with van der Waals surface area (Å²) in [5.74, 6) is 1.44. The summed E-state index contributed by atoms with van der Waals surface area (Å²) < 4.78 is 32.4. The lowest BCUT2D eigenvalue weighted by Crippen LogP contribution is -2.48. The number of pyridine rings is 1. The molecule has 2 N–H and O–H groups in total. The Balaban J connectivity index is 1.31. The van der Waals surface area contributed by atoms with Crippen LogP contribution < -0.4 is 20.3 Å². The third-order valence-corrected chi connectivity index (χ3v) is 7.49. The number of methoxy groups -OCH3 is 1. The lowest BCUT2D eigenvalue weighted by molar-refractivity contribution is 0.262. The number of anilines is 3. The van der Waals surface area contributed by atoms with Crippen molar-refractivity contribution in [2.45, 2.75) is 11.8 Å². The van der Waals surface area contributed by atoms with Crippen LogP contribution in [-0.2, 0) is 10.0 Å². The fraction of sp³-hybridized carbons (Fsp3) is 0.250. The fourth-order valence-electron chi connectivity index (χ4n) is 3.63. The second kappa shape index (κ2) is 10.1. The molecule has 0 bridgehead atoms. The van der Waals surface area contributed by atoms with Crippen LogP contribution in [0.1, 0.15) is 5.56 Å². The zero-order chi connectivity index (χ0) is 24.1. The predicted molar refractivity (Wildman–Crippen MR) is 132 cm³/mol. The van der Waals surface area contributed by atoms with Crippen LogP contribution in [0.25, 0.3) is 0 Å². The highest BCUT2D eigenvalue weighted by Gasteiger charge is 2.28. The van der Waals surface area contributed by atoms with Crippen molar-refractivity contribution >= 4 is 33.2 Å². The maximum absolute atomic E-state index is 12.9. The number of aromatic nitrogens is 1. The number of hydrogen-bond acceptors (Lipinski definition) is 6. The van der Waals surface area contributed by atoms with Crippen molar-refractivity contribution in [2.75, 3.05) is 48.8 Å². The van der Waals surface area contributed by atoms with Gasteiger partial charge in [0.25, 0.3) is 0 Å². The minimum atomic E-state index is -3.51. The molecule has 10 heteroatoms. The number of sulfonamides is 1. The van der Waals surface area contributed by atoms with Gasteiger partial charge in [0.2, 0.25) is 10.0 Å². The molecule has 1 aliphatic rings. The van der Waals surface area contributed by atoms with Gasteiger partial charge >= 0.3 is 6.03 Å². The van der Waals surface area contributed by atoms with E-state index in [1.807, 2.05) is 17.9 Å². The number of carbonyl (C=O) groups is 1. The van der Waals surface area contributed by atoms with Gasteiger partial charge in [-0.15, -0.1) is 0 Å². The molecule has 9 nitrogen and oxygen atoms in total. The van der Waals surface area contributed by atoms with E-state index in [0.29, 0.717) is 48.2 Å². The summed E-state index contributed by atoms with van der Waals surface area (Å²) in [5, 5.41) is 5.50. The molecule has 0 atom stereocenters. The van der Waals surface area contributed by atoms with Crippen molar-refractivity contribution in [3.05, 3.63) is 72.4 Å². The summed E-state index contributed by atoms with van der Waals surface area (Å²) in [4.78, 5) is 19.0. The molecule has 34 heavy (non-hydrogen) atoms. The quantitative estimate of drug-likeness (QED) is 0.558. The average Bonchev–Trinajstić information content (AvgIpc) is 2.85. The van der Waals surface area contributed by atoms with E-state index < -0.39 is 10.0 Å². The third kappa shape index (κ3) is 5.46. The summed E-state index contributed by atoms with van der Waals surface area (Å²) in [6.45, 7) is 3.74. The molecule has 1 aliphatic heterocycles. The van der Waals surface area contributed by atoms with Gasteiger partial charge in [-0.05, 0) is 55.5 Å². The van der Waals surface area contributed by atoms with Gasteiger partial charge in [0.05, 0.1) is 23.9 Å². The number of benzene rings is 2. The van der Waals surface area contributed by atoms with E-state index in [2.05, 4.69) is 15.6 Å². The monoisotopic (exact) mass is 481 g/mol. The first-order valence-corrected chi connectivity index (χ1v) is 12.3. The predicted octanol–water partition coefficient (Wildman–Crippen LogP) is 3.55. The molecule has 1 saturated heterocycles. The van der Waals surface area contributed by atoms with Gasteiger partial charge in [-0.3, -0.25) is 0 Å². The zero-order valence-electron chi connectivity index (χ0n) is 19.1. The summed E-state index contributed by atoms with van der Waals surface area (Å²) in [7, 11) is -1.93. The molecule has 4 rings (SSSR count). The molecular formula is C24H27N5O4S. The van der Waals surface area contributed by atoms with Crippen LogP contribution >= 0.6 is 0 Å². The molecule has 0 aliphatic carbocycles. The first-order chi connectivity index (χ1) is 16.3. The molecule has 178 valence electrons. The van der Waals surface area contributed by atoms with Crippen LogP contribution in [0, 0.1) is 6.92 Å². The number of amides is 2. The number of aryl methyl sites for hydroxylation is 1. The summed E-state index contributed by atoms with van der Waals surface area (Å²) in [6.07, 6.45) is 1.58. The second-order valence-electron chi connectivity index (χ2n) is 7.92. The minimum absolute atomic E-state index is 0.313. The van der Waals surface area contributed by atoms with Gasteiger partial charge in [0, 0.05) is 31.9 Å². The van der Waals surface area contributed by atoms with Crippen molar-refractivity contribution in [1.82, 2.24) is 9.29 Å². The molecule has 0 radical (unpaired) electrons. The minimum Gasteiger partial charge on any atom is -0.497 e. The van der Waals surface area contributed by atoms with Crippen LogP contribution in [0.4, 0.5) is 22.0 Å². The molecule has 0 saturated carbocycles. The fourth-order valence-corrected chi connectivity index (χ4v) is 5.05. The Morgan fingerprint density at radius 1 is 0.882 bits per heavy atom. The van der Waals surface area contributed by atoms with E-state index in [9.17, 15) is 13.2 Å². The smallest absolute Gasteiger partial charge is 0.323 e. The number of nitrogens with one attached hydrogen (secondary N) is 2. The Morgan fingerprint density at radius 2 is 1.50 bits per heavy atom. The number of carbonyl (C=O) groups excluding carboxylic acids is 1. The Bertz CT molecular complexity index is 1220. The van der Waals surface area contributed by atoms with Crippen LogP contribution in [0.2, 0.25) is 0 Å². The molecule has 0 spiro atoms. The van der Waals surface area contributed by atoms with Crippen molar-refractivity contribution in [3.8, 4) is 5.75 Å². The first-order valence-electron chi connectivity index (χ1n) is 10.8. The van der Waals surface area contributed by atoms with Gasteiger partial charge in [-0.25, -0.2) is 18.2 Å². The number of hydrogen-bond donors (Lipinski definition) is 2. The largest absolute Gasteiger partial charge is 0.497 e. The van der Waals surface area contributed by atoms with Gasteiger partial charge in [0.1, 0.15) is 11.6 Å².